The lowest BCUT2D eigenvalue weighted by molar-refractivity contribution is 0.102. The first-order chi connectivity index (χ1) is 11.2. The van der Waals surface area contributed by atoms with Crippen LogP contribution >= 0.6 is 0 Å². The molecule has 2 heterocycles. The maximum absolute atomic E-state index is 13.7. The van der Waals surface area contributed by atoms with Crippen molar-refractivity contribution in [2.75, 3.05) is 5.32 Å². The Morgan fingerprint density at radius 2 is 2.17 bits per heavy atom. The van der Waals surface area contributed by atoms with E-state index in [1.807, 2.05) is 6.92 Å². The second kappa shape index (κ2) is 6.30. The number of benzene rings is 1. The van der Waals surface area contributed by atoms with Gasteiger partial charge >= 0.3 is 0 Å². The molecule has 0 aliphatic rings. The molecule has 8 heteroatoms. The summed E-state index contributed by atoms with van der Waals surface area (Å²) >= 11 is 0. The Balaban J connectivity index is 1.82. The molecule has 2 aromatic heterocycles. The van der Waals surface area contributed by atoms with Crippen molar-refractivity contribution in [2.24, 2.45) is 0 Å². The quantitative estimate of drug-likeness (QED) is 0.770. The molecular formula is C15H13FN6O. The van der Waals surface area contributed by atoms with E-state index < -0.39 is 11.7 Å². The van der Waals surface area contributed by atoms with E-state index in [1.165, 1.54) is 18.6 Å². The number of H-pyrrole nitrogens is 1. The van der Waals surface area contributed by atoms with Gasteiger partial charge in [0, 0.05) is 6.20 Å². The zero-order valence-electron chi connectivity index (χ0n) is 12.2. The molecule has 0 saturated carbocycles. The minimum absolute atomic E-state index is 0.0548. The molecule has 3 aromatic rings. The van der Waals surface area contributed by atoms with Crippen LogP contribution in [0.2, 0.25) is 0 Å². The smallest absolute Gasteiger partial charge is 0.261 e. The number of rotatable bonds is 4. The first kappa shape index (κ1) is 14.8. The molecule has 0 unspecified atom stereocenters. The van der Waals surface area contributed by atoms with Crippen molar-refractivity contribution in [3.05, 3.63) is 53.9 Å². The SMILES string of the molecule is CCc1ncncc1C(=O)Nc1n[nH]c(-c2ccccc2F)n1. The van der Waals surface area contributed by atoms with Crippen LogP contribution in [0, 0.1) is 5.82 Å². The predicted octanol–water partition coefficient (Wildman–Crippen LogP) is 2.22. The van der Waals surface area contributed by atoms with Gasteiger partial charge in [-0.15, -0.1) is 5.10 Å². The summed E-state index contributed by atoms with van der Waals surface area (Å²) in [6, 6.07) is 6.17. The molecule has 3 rings (SSSR count). The number of aromatic nitrogens is 5. The normalized spacial score (nSPS) is 10.5. The number of halogens is 1. The largest absolute Gasteiger partial charge is 0.289 e. The molecule has 0 saturated heterocycles. The van der Waals surface area contributed by atoms with Gasteiger partial charge in [-0.3, -0.25) is 15.2 Å². The molecule has 0 aliphatic heterocycles. The van der Waals surface area contributed by atoms with Gasteiger partial charge in [0.25, 0.3) is 5.91 Å². The Morgan fingerprint density at radius 1 is 1.35 bits per heavy atom. The highest BCUT2D eigenvalue weighted by atomic mass is 19.1. The summed E-state index contributed by atoms with van der Waals surface area (Å²) in [4.78, 5) is 24.2. The molecule has 0 radical (unpaired) electrons. The van der Waals surface area contributed by atoms with Gasteiger partial charge in [-0.05, 0) is 18.6 Å². The summed E-state index contributed by atoms with van der Waals surface area (Å²) in [5.74, 6) is -0.551. The van der Waals surface area contributed by atoms with Crippen LogP contribution in [0.4, 0.5) is 10.3 Å². The third kappa shape index (κ3) is 3.05. The highest BCUT2D eigenvalue weighted by Gasteiger charge is 2.15. The third-order valence-corrected chi connectivity index (χ3v) is 3.21. The van der Waals surface area contributed by atoms with Gasteiger partial charge < -0.3 is 0 Å². The molecule has 1 amide bonds. The van der Waals surface area contributed by atoms with Gasteiger partial charge in [0.1, 0.15) is 12.1 Å². The number of nitrogens with zero attached hydrogens (tertiary/aromatic N) is 4. The molecule has 2 N–H and O–H groups in total. The lowest BCUT2D eigenvalue weighted by Crippen LogP contribution is -2.16. The van der Waals surface area contributed by atoms with Crippen molar-refractivity contribution < 1.29 is 9.18 Å². The minimum atomic E-state index is -0.425. The van der Waals surface area contributed by atoms with Gasteiger partial charge in [0.05, 0.1) is 16.8 Å². The standard InChI is InChI=1S/C15H13FN6O/c1-2-12-10(7-17-8-18-12)14(23)20-15-19-13(21-22-15)9-5-3-4-6-11(9)16/h3-8H,2H2,1H3,(H2,19,20,21,22,23). The number of aryl methyl sites for hydroxylation is 1. The van der Waals surface area contributed by atoms with Gasteiger partial charge in [-0.1, -0.05) is 19.1 Å². The molecule has 0 atom stereocenters. The van der Waals surface area contributed by atoms with Gasteiger partial charge in [-0.25, -0.2) is 14.4 Å². The Bertz CT molecular complexity index is 847. The average molecular weight is 312 g/mol. The van der Waals surface area contributed by atoms with E-state index in [9.17, 15) is 9.18 Å². The van der Waals surface area contributed by atoms with E-state index in [-0.39, 0.29) is 17.3 Å². The van der Waals surface area contributed by atoms with Crippen LogP contribution in [-0.4, -0.2) is 31.1 Å². The fourth-order valence-electron chi connectivity index (χ4n) is 2.09. The van der Waals surface area contributed by atoms with Crippen LogP contribution in [0.1, 0.15) is 23.0 Å². The van der Waals surface area contributed by atoms with Crippen molar-refractivity contribution in [1.82, 2.24) is 25.1 Å². The number of anilines is 1. The summed E-state index contributed by atoms with van der Waals surface area (Å²) in [5, 5.41) is 9.03. The number of carbonyl (C=O) groups is 1. The lowest BCUT2D eigenvalue weighted by Gasteiger charge is -2.04. The summed E-state index contributed by atoms with van der Waals surface area (Å²) in [7, 11) is 0. The molecule has 0 bridgehead atoms. The molecule has 7 nitrogen and oxygen atoms in total. The molecule has 0 fully saturated rings. The molecular weight excluding hydrogens is 299 g/mol. The van der Waals surface area contributed by atoms with Crippen LogP contribution in [0.5, 0.6) is 0 Å². The molecule has 1 aromatic carbocycles. The summed E-state index contributed by atoms with van der Waals surface area (Å²) in [5.41, 5.74) is 1.26. The molecule has 116 valence electrons. The summed E-state index contributed by atoms with van der Waals surface area (Å²) in [6.07, 6.45) is 3.42. The van der Waals surface area contributed by atoms with E-state index in [0.29, 0.717) is 17.7 Å². The minimum Gasteiger partial charge on any atom is -0.289 e. The van der Waals surface area contributed by atoms with Crippen molar-refractivity contribution in [1.29, 1.82) is 0 Å². The van der Waals surface area contributed by atoms with Crippen LogP contribution in [0.3, 0.4) is 0 Å². The monoisotopic (exact) mass is 312 g/mol. The molecule has 0 spiro atoms. The van der Waals surface area contributed by atoms with Gasteiger partial charge in [0.15, 0.2) is 5.82 Å². The van der Waals surface area contributed by atoms with Crippen LogP contribution < -0.4 is 5.32 Å². The number of carbonyl (C=O) groups excluding carboxylic acids is 1. The second-order valence-electron chi connectivity index (χ2n) is 4.68. The number of nitrogens with one attached hydrogen (secondary N) is 2. The fourth-order valence-corrected chi connectivity index (χ4v) is 2.09. The van der Waals surface area contributed by atoms with Crippen molar-refractivity contribution in [3.8, 4) is 11.4 Å². The van der Waals surface area contributed by atoms with E-state index in [0.717, 1.165) is 0 Å². The highest BCUT2D eigenvalue weighted by Crippen LogP contribution is 2.19. The average Bonchev–Trinajstić information content (AvgIpc) is 3.03. The number of aromatic amines is 1. The van der Waals surface area contributed by atoms with Crippen molar-refractivity contribution in [2.45, 2.75) is 13.3 Å². The Hall–Kier alpha value is -3.16. The Kier molecular flexibility index (Phi) is 4.05. The van der Waals surface area contributed by atoms with E-state index in [2.05, 4.69) is 30.5 Å². The second-order valence-corrected chi connectivity index (χ2v) is 4.68. The van der Waals surface area contributed by atoms with Crippen LogP contribution in [-0.2, 0) is 6.42 Å². The Labute approximate surface area is 131 Å². The first-order valence-electron chi connectivity index (χ1n) is 6.96. The molecule has 23 heavy (non-hydrogen) atoms. The summed E-state index contributed by atoms with van der Waals surface area (Å²) < 4.78 is 13.7. The van der Waals surface area contributed by atoms with Gasteiger partial charge in [-0.2, -0.15) is 4.98 Å². The maximum Gasteiger partial charge on any atom is 0.261 e. The third-order valence-electron chi connectivity index (χ3n) is 3.21. The first-order valence-corrected chi connectivity index (χ1v) is 6.96. The van der Waals surface area contributed by atoms with Gasteiger partial charge in [0.2, 0.25) is 5.95 Å². The topological polar surface area (TPSA) is 96.5 Å². The van der Waals surface area contributed by atoms with E-state index >= 15 is 0 Å². The van der Waals surface area contributed by atoms with E-state index in [1.54, 1.807) is 18.2 Å². The van der Waals surface area contributed by atoms with Crippen molar-refractivity contribution >= 4 is 11.9 Å². The predicted molar refractivity (Wildman–Crippen MR) is 81.1 cm³/mol. The van der Waals surface area contributed by atoms with Crippen LogP contribution in [0.15, 0.2) is 36.8 Å². The maximum atomic E-state index is 13.7. The zero-order valence-corrected chi connectivity index (χ0v) is 12.2. The number of hydrogen-bond acceptors (Lipinski definition) is 5. The highest BCUT2D eigenvalue weighted by molar-refractivity contribution is 6.03. The van der Waals surface area contributed by atoms with Crippen LogP contribution in [0.25, 0.3) is 11.4 Å². The van der Waals surface area contributed by atoms with E-state index in [4.69, 9.17) is 0 Å². The summed E-state index contributed by atoms with van der Waals surface area (Å²) in [6.45, 7) is 1.89. The number of hydrogen-bond donors (Lipinski definition) is 2. The number of amides is 1. The van der Waals surface area contributed by atoms with Crippen molar-refractivity contribution in [3.63, 3.8) is 0 Å². The Morgan fingerprint density at radius 3 is 2.96 bits per heavy atom. The fraction of sp³-hybridized carbons (Fsp3) is 0.133. The zero-order chi connectivity index (χ0) is 16.2. The lowest BCUT2D eigenvalue weighted by atomic mass is 10.2. The molecule has 0 aliphatic carbocycles.